The molecule has 0 bridgehead atoms. The molecule has 0 aromatic heterocycles. The quantitative estimate of drug-likeness (QED) is 0.0278. The number of nitrogens with zero attached hydrogens (tertiary/aromatic N) is 2. The zero-order valence-corrected chi connectivity index (χ0v) is 51.7. The van der Waals surface area contributed by atoms with Crippen LogP contribution >= 0.6 is 0 Å². The highest BCUT2D eigenvalue weighted by molar-refractivity contribution is 7.87. The van der Waals surface area contributed by atoms with E-state index in [4.69, 9.17) is 18.9 Å². The van der Waals surface area contributed by atoms with Gasteiger partial charge in [0.1, 0.15) is 47.0 Å². The Bertz CT molecular complexity index is 4090. The van der Waals surface area contributed by atoms with Gasteiger partial charge in [0.15, 0.2) is 5.71 Å². The molecular weight excluding hydrogens is 1250 g/mol. The van der Waals surface area contributed by atoms with Crippen molar-refractivity contribution in [2.75, 3.05) is 82.9 Å². The highest BCUT2D eigenvalue weighted by Crippen LogP contribution is 2.54. The van der Waals surface area contributed by atoms with E-state index in [0.717, 1.165) is 12.1 Å². The maximum absolute atomic E-state index is 12.8. The monoisotopic (exact) mass is 1320 g/mol. The summed E-state index contributed by atoms with van der Waals surface area (Å²) >= 11 is 0. The standard InChI is InChI=1S/C54H68N2O24S6/c1-53(21-12-32-81(59,60)61)48(56(24-13-33-82(62,63)64)44-19-17-40-42(51(44)53)34-38(83(65,66)67)36-46(40)85(71,72)73)14-8-5-4-6-9-15-49-54(2,22-25-78-28-29-80-31-30-79-27-26-77-3)52-43-35-39(84(68,69)70)37-47(86(74,75)76)41(43)18-20-45(52)55(49)23-11-7-10-16-50(57)58/h4-6,8-9,14-15,17-20,34-37H,7,10-13,16,21-33H2,1-3H3,(H6-,57,58,59,60,61,62,63,64,65,66,67,68,69,70,71,72,73,74,75,76)/p-4. The summed E-state index contributed by atoms with van der Waals surface area (Å²) < 4.78 is 244. The van der Waals surface area contributed by atoms with E-state index in [9.17, 15) is 87.7 Å². The van der Waals surface area contributed by atoms with Crippen LogP contribution in [0.3, 0.4) is 0 Å². The molecule has 6 rings (SSSR count). The van der Waals surface area contributed by atoms with Gasteiger partial charge in [0.25, 0.3) is 10.1 Å². The Morgan fingerprint density at radius 2 is 1.12 bits per heavy atom. The molecule has 0 saturated carbocycles. The van der Waals surface area contributed by atoms with Gasteiger partial charge in [-0.1, -0.05) is 42.9 Å². The van der Waals surface area contributed by atoms with E-state index in [1.54, 1.807) is 48.8 Å². The molecule has 2 aliphatic heterocycles. The molecule has 26 nitrogen and oxygen atoms in total. The number of carboxylic acids is 1. The van der Waals surface area contributed by atoms with Gasteiger partial charge in [-0.05, 0) is 110 Å². The van der Waals surface area contributed by atoms with Crippen molar-refractivity contribution in [2.45, 2.75) is 95.6 Å². The van der Waals surface area contributed by atoms with E-state index >= 15 is 0 Å². The first-order chi connectivity index (χ1) is 40.0. The number of carboxylic acid groups (broad SMARTS) is 1. The third kappa shape index (κ3) is 17.7. The van der Waals surface area contributed by atoms with E-state index in [0.29, 0.717) is 68.2 Å². The molecule has 86 heavy (non-hydrogen) atoms. The topological polar surface area (TPSA) is 421 Å². The van der Waals surface area contributed by atoms with Crippen LogP contribution in [-0.4, -0.2) is 177 Å². The Labute approximate surface area is 500 Å². The van der Waals surface area contributed by atoms with Crippen molar-refractivity contribution >= 4 is 105 Å². The summed E-state index contributed by atoms with van der Waals surface area (Å²) in [6, 6.07) is 8.25. The third-order valence-electron chi connectivity index (χ3n) is 14.6. The number of allylic oxidation sites excluding steroid dienone is 8. The zero-order chi connectivity index (χ0) is 63.7. The molecule has 4 aromatic rings. The van der Waals surface area contributed by atoms with Gasteiger partial charge in [0, 0.05) is 78.7 Å². The summed E-state index contributed by atoms with van der Waals surface area (Å²) in [4.78, 5) is 9.22. The summed E-state index contributed by atoms with van der Waals surface area (Å²) in [6.07, 6.45) is 11.4. The summed E-state index contributed by atoms with van der Waals surface area (Å²) in [5.74, 6) is -2.65. The maximum atomic E-state index is 12.8. The van der Waals surface area contributed by atoms with Crippen molar-refractivity contribution < 1.29 is 111 Å². The molecule has 0 aliphatic carbocycles. The normalized spacial score (nSPS) is 18.5. The molecule has 0 spiro atoms. The van der Waals surface area contributed by atoms with Crippen LogP contribution in [0.15, 0.2) is 116 Å². The average Bonchev–Trinajstić information content (AvgIpc) is 1.52. The lowest BCUT2D eigenvalue weighted by Gasteiger charge is -2.31. The molecule has 2 unspecified atom stereocenters. The average molecular weight is 1320 g/mol. The van der Waals surface area contributed by atoms with Gasteiger partial charge in [0.05, 0.1) is 80.5 Å². The number of ether oxygens (including phenoxy) is 4. The minimum absolute atomic E-state index is 0.0264. The van der Waals surface area contributed by atoms with Gasteiger partial charge >= 0.3 is 5.97 Å². The van der Waals surface area contributed by atoms with Crippen LogP contribution in [0.5, 0.6) is 0 Å². The van der Waals surface area contributed by atoms with E-state index < -0.39 is 109 Å². The van der Waals surface area contributed by atoms with Gasteiger partial charge in [-0.3, -0.25) is 9.35 Å². The van der Waals surface area contributed by atoms with Crippen LogP contribution in [0.2, 0.25) is 0 Å². The van der Waals surface area contributed by atoms with Crippen molar-refractivity contribution in [1.82, 2.24) is 0 Å². The van der Waals surface area contributed by atoms with E-state index in [-0.39, 0.29) is 110 Å². The number of carbonyl (C=O) groups is 1. The summed E-state index contributed by atoms with van der Waals surface area (Å²) in [7, 11) is -29.5. The SMILES string of the molecule is COCCOCCOCCOCCC1(C)\C(=C/C=C/C=C/C=C/C2=[N+](CCCS(=O)(=O)O)c3ccc4c(S(=O)(=O)[O-])cc(S(=O)(=O)[O-])cc4c3C2(C)CCCS(=O)(=O)[O-])N(CCCCCC(=O)O)c2ccc3c(S(=O)(=O)[O-])cc(S(=O)(=O)[O-])cc3c21. The zero-order valence-electron chi connectivity index (χ0n) is 46.8. The minimum Gasteiger partial charge on any atom is -0.748 e. The Hall–Kier alpha value is -5.40. The van der Waals surface area contributed by atoms with Gasteiger partial charge < -0.3 is 51.7 Å². The number of rotatable bonds is 34. The summed E-state index contributed by atoms with van der Waals surface area (Å²) in [5.41, 5.74) is -0.892. The number of methoxy groups -OCH3 is 1. The molecule has 0 fully saturated rings. The Balaban J connectivity index is 1.47. The molecule has 32 heteroatoms. The fourth-order valence-electron chi connectivity index (χ4n) is 10.9. The highest BCUT2D eigenvalue weighted by atomic mass is 32.2. The van der Waals surface area contributed by atoms with Gasteiger partial charge in [0.2, 0.25) is 5.69 Å². The molecule has 0 saturated heterocycles. The molecule has 474 valence electrons. The smallest absolute Gasteiger partial charge is 0.303 e. The van der Waals surface area contributed by atoms with Crippen LogP contribution in [0.4, 0.5) is 11.4 Å². The first-order valence-corrected chi connectivity index (χ1v) is 35.4. The second-order valence-electron chi connectivity index (χ2n) is 20.6. The number of aliphatic carboxylic acids is 1. The fraction of sp³-hybridized carbons (Fsp3) is 0.444. The molecule has 0 amide bonds. The Morgan fingerprint density at radius 3 is 1.65 bits per heavy atom. The first kappa shape index (κ1) is 69.7. The van der Waals surface area contributed by atoms with Crippen LogP contribution in [-0.2, 0) is 95.3 Å². The predicted molar refractivity (Wildman–Crippen MR) is 307 cm³/mol. The van der Waals surface area contributed by atoms with Crippen LogP contribution < -0.4 is 4.90 Å². The Morgan fingerprint density at radius 1 is 0.581 bits per heavy atom. The van der Waals surface area contributed by atoms with Crippen LogP contribution in [0.1, 0.15) is 76.3 Å². The number of unbranched alkanes of at least 4 members (excludes halogenated alkanes) is 2. The molecule has 2 atom stereocenters. The van der Waals surface area contributed by atoms with Crippen LogP contribution in [0.25, 0.3) is 21.5 Å². The summed E-state index contributed by atoms with van der Waals surface area (Å²) in [6.45, 7) is 4.99. The minimum atomic E-state index is -5.48. The van der Waals surface area contributed by atoms with Gasteiger partial charge in [-0.15, -0.1) is 0 Å². The number of fused-ring (bicyclic) bond motifs is 6. The molecule has 0 radical (unpaired) electrons. The lowest BCUT2D eigenvalue weighted by molar-refractivity contribution is -0.437. The van der Waals surface area contributed by atoms with E-state index in [1.807, 2.05) is 4.90 Å². The lowest BCUT2D eigenvalue weighted by Crippen LogP contribution is -2.32. The highest BCUT2D eigenvalue weighted by Gasteiger charge is 2.49. The maximum Gasteiger partial charge on any atom is 0.303 e. The van der Waals surface area contributed by atoms with Gasteiger partial charge in [-0.25, -0.2) is 42.1 Å². The van der Waals surface area contributed by atoms with Crippen LogP contribution in [0, 0.1) is 0 Å². The number of hydrogen-bond donors (Lipinski definition) is 2. The number of anilines is 1. The molecule has 2 aliphatic rings. The number of hydrogen-bond acceptors (Lipinski definition) is 23. The summed E-state index contributed by atoms with van der Waals surface area (Å²) in [5, 5.41) is 8.62. The van der Waals surface area contributed by atoms with E-state index in [2.05, 4.69) is 0 Å². The molecular formula is C54H64N2O24S6-4. The second-order valence-corrected chi connectivity index (χ2v) is 29.1. The van der Waals surface area contributed by atoms with E-state index in [1.165, 1.54) is 43.5 Å². The van der Waals surface area contributed by atoms with Crippen molar-refractivity contribution in [3.63, 3.8) is 0 Å². The predicted octanol–water partition coefficient (Wildman–Crippen LogP) is 4.63. The van der Waals surface area contributed by atoms with Crippen molar-refractivity contribution in [3.05, 3.63) is 108 Å². The molecule has 2 heterocycles. The lowest BCUT2D eigenvalue weighted by atomic mass is 9.74. The third-order valence-corrected chi connectivity index (χ3v) is 19.6. The molecule has 2 N–H and O–H groups in total. The largest absolute Gasteiger partial charge is 0.748 e. The Kier molecular flexibility index (Phi) is 23.0. The number of benzene rings is 4. The fourth-order valence-corrected chi connectivity index (χ4v) is 14.5. The van der Waals surface area contributed by atoms with Gasteiger partial charge in [-0.2, -0.15) is 13.0 Å². The van der Waals surface area contributed by atoms with Crippen molar-refractivity contribution in [1.29, 1.82) is 0 Å². The van der Waals surface area contributed by atoms with Crippen molar-refractivity contribution in [3.8, 4) is 0 Å². The molecule has 4 aromatic carbocycles. The second kappa shape index (κ2) is 28.4. The van der Waals surface area contributed by atoms with Crippen molar-refractivity contribution in [2.24, 2.45) is 0 Å². The first-order valence-electron chi connectivity index (χ1n) is 26.6.